The van der Waals surface area contributed by atoms with Gasteiger partial charge in [-0.1, -0.05) is 11.6 Å². The molecule has 1 fully saturated rings. The minimum absolute atomic E-state index is 0.0651. The molecule has 128 valence electrons. The lowest BCUT2D eigenvalue weighted by molar-refractivity contribution is 0.0492. The van der Waals surface area contributed by atoms with Crippen molar-refractivity contribution in [2.24, 2.45) is 0 Å². The van der Waals surface area contributed by atoms with Gasteiger partial charge in [-0.05, 0) is 64.7 Å². The van der Waals surface area contributed by atoms with Crippen molar-refractivity contribution < 1.29 is 13.9 Å². The van der Waals surface area contributed by atoms with Crippen molar-refractivity contribution in [2.75, 3.05) is 5.32 Å². The summed E-state index contributed by atoms with van der Waals surface area (Å²) in [5.74, 6) is -0.353. The number of rotatable bonds is 3. The van der Waals surface area contributed by atoms with Crippen LogP contribution >= 0.6 is 11.6 Å². The van der Waals surface area contributed by atoms with Crippen LogP contribution in [0.1, 0.15) is 46.5 Å². The molecule has 0 aliphatic heterocycles. The molecule has 0 saturated heterocycles. The van der Waals surface area contributed by atoms with E-state index in [2.05, 4.69) is 10.6 Å². The summed E-state index contributed by atoms with van der Waals surface area (Å²) in [6.45, 7) is 5.52. The number of carbonyl (C=O) groups is 1. The molecule has 1 saturated carbocycles. The van der Waals surface area contributed by atoms with Gasteiger partial charge in [-0.15, -0.1) is 0 Å². The molecular formula is C17H24ClFN2O2. The molecule has 4 nitrogen and oxygen atoms in total. The fraction of sp³-hybridized carbons (Fsp3) is 0.588. The number of hydrogen-bond acceptors (Lipinski definition) is 3. The third-order valence-electron chi connectivity index (χ3n) is 3.69. The maximum Gasteiger partial charge on any atom is 0.407 e. The molecule has 2 unspecified atom stereocenters. The lowest BCUT2D eigenvalue weighted by atomic mass is 9.91. The maximum atomic E-state index is 13.1. The van der Waals surface area contributed by atoms with Crippen LogP contribution in [0, 0.1) is 5.82 Å². The second kappa shape index (κ2) is 7.39. The predicted octanol–water partition coefficient (Wildman–Crippen LogP) is 4.73. The van der Waals surface area contributed by atoms with Crippen molar-refractivity contribution in [3.63, 3.8) is 0 Å². The average Bonchev–Trinajstić information content (AvgIpc) is 2.40. The highest BCUT2D eigenvalue weighted by atomic mass is 35.5. The average molecular weight is 343 g/mol. The second-order valence-corrected chi connectivity index (χ2v) is 7.38. The van der Waals surface area contributed by atoms with Gasteiger partial charge < -0.3 is 15.4 Å². The Morgan fingerprint density at radius 1 is 1.30 bits per heavy atom. The van der Waals surface area contributed by atoms with E-state index in [1.807, 2.05) is 20.8 Å². The number of benzene rings is 1. The van der Waals surface area contributed by atoms with E-state index in [-0.39, 0.29) is 24.0 Å². The molecular weight excluding hydrogens is 319 g/mol. The number of halogens is 2. The van der Waals surface area contributed by atoms with E-state index < -0.39 is 5.60 Å². The summed E-state index contributed by atoms with van der Waals surface area (Å²) < 4.78 is 18.4. The third-order valence-corrected chi connectivity index (χ3v) is 4.00. The van der Waals surface area contributed by atoms with Crippen LogP contribution in [0.3, 0.4) is 0 Å². The highest BCUT2D eigenvalue weighted by molar-refractivity contribution is 6.33. The Morgan fingerprint density at radius 2 is 2.00 bits per heavy atom. The van der Waals surface area contributed by atoms with E-state index in [0.29, 0.717) is 5.02 Å². The summed E-state index contributed by atoms with van der Waals surface area (Å²) in [6, 6.07) is 4.57. The standard InChI is InChI=1S/C17H24ClFN2O2/c1-17(2,3)23-16(22)21-13-6-4-5-12(10-13)20-15-8-7-11(19)9-14(15)18/h7-9,12-13,20H,4-6,10H2,1-3H3,(H,21,22). The monoisotopic (exact) mass is 342 g/mol. The molecule has 1 amide bonds. The number of anilines is 1. The first-order valence-electron chi connectivity index (χ1n) is 7.94. The number of hydrogen-bond donors (Lipinski definition) is 2. The zero-order chi connectivity index (χ0) is 17.0. The highest BCUT2D eigenvalue weighted by Gasteiger charge is 2.25. The van der Waals surface area contributed by atoms with Crippen molar-refractivity contribution in [3.8, 4) is 0 Å². The van der Waals surface area contributed by atoms with Gasteiger partial charge in [0.2, 0.25) is 0 Å². The van der Waals surface area contributed by atoms with Crippen molar-refractivity contribution in [1.29, 1.82) is 0 Å². The van der Waals surface area contributed by atoms with Gasteiger partial charge in [-0.25, -0.2) is 9.18 Å². The first-order chi connectivity index (χ1) is 10.7. The van der Waals surface area contributed by atoms with Crippen LogP contribution in [0.25, 0.3) is 0 Å². The van der Waals surface area contributed by atoms with E-state index >= 15 is 0 Å². The summed E-state index contributed by atoms with van der Waals surface area (Å²) in [5, 5.41) is 6.63. The Bertz CT molecular complexity index is 560. The fourth-order valence-electron chi connectivity index (χ4n) is 2.75. The highest BCUT2D eigenvalue weighted by Crippen LogP contribution is 2.27. The van der Waals surface area contributed by atoms with E-state index in [4.69, 9.17) is 16.3 Å². The molecule has 0 radical (unpaired) electrons. The van der Waals surface area contributed by atoms with E-state index in [1.54, 1.807) is 6.07 Å². The molecule has 0 spiro atoms. The van der Waals surface area contributed by atoms with E-state index in [0.717, 1.165) is 31.4 Å². The van der Waals surface area contributed by atoms with Crippen LogP contribution in [0.5, 0.6) is 0 Å². The van der Waals surface area contributed by atoms with Gasteiger partial charge in [-0.2, -0.15) is 0 Å². The summed E-state index contributed by atoms with van der Waals surface area (Å²) in [5.41, 5.74) is 0.217. The smallest absolute Gasteiger partial charge is 0.407 e. The summed E-state index contributed by atoms with van der Waals surface area (Å²) >= 11 is 6.05. The summed E-state index contributed by atoms with van der Waals surface area (Å²) in [4.78, 5) is 11.9. The molecule has 1 aromatic rings. The molecule has 23 heavy (non-hydrogen) atoms. The third kappa shape index (κ3) is 5.90. The minimum Gasteiger partial charge on any atom is -0.444 e. The molecule has 2 atom stereocenters. The van der Waals surface area contributed by atoms with Crippen molar-refractivity contribution in [3.05, 3.63) is 29.0 Å². The van der Waals surface area contributed by atoms with Crippen LogP contribution in [-0.2, 0) is 4.74 Å². The van der Waals surface area contributed by atoms with Crippen LogP contribution in [0.4, 0.5) is 14.9 Å². The Kier molecular flexibility index (Phi) is 5.74. The van der Waals surface area contributed by atoms with Crippen molar-refractivity contribution >= 4 is 23.4 Å². The quantitative estimate of drug-likeness (QED) is 0.835. The lowest BCUT2D eigenvalue weighted by Crippen LogP contribution is -2.43. The Hall–Kier alpha value is -1.49. The first kappa shape index (κ1) is 17.9. The Labute approximate surface area is 141 Å². The van der Waals surface area contributed by atoms with Crippen molar-refractivity contribution in [1.82, 2.24) is 5.32 Å². The van der Waals surface area contributed by atoms with Gasteiger partial charge in [0.15, 0.2) is 0 Å². The van der Waals surface area contributed by atoms with Crippen LogP contribution in [0.15, 0.2) is 18.2 Å². The summed E-state index contributed by atoms with van der Waals surface area (Å²) in [6.07, 6.45) is 3.31. The normalized spacial score (nSPS) is 21.6. The van der Waals surface area contributed by atoms with Gasteiger partial charge in [-0.3, -0.25) is 0 Å². The topological polar surface area (TPSA) is 50.4 Å². The fourth-order valence-corrected chi connectivity index (χ4v) is 2.97. The maximum absolute atomic E-state index is 13.1. The molecule has 1 aliphatic rings. The minimum atomic E-state index is -0.502. The predicted molar refractivity (Wildman–Crippen MR) is 90.4 cm³/mol. The zero-order valence-corrected chi connectivity index (χ0v) is 14.5. The molecule has 2 rings (SSSR count). The largest absolute Gasteiger partial charge is 0.444 e. The second-order valence-electron chi connectivity index (χ2n) is 6.98. The molecule has 1 aliphatic carbocycles. The molecule has 0 heterocycles. The number of nitrogens with one attached hydrogen (secondary N) is 2. The lowest BCUT2D eigenvalue weighted by Gasteiger charge is -2.31. The zero-order valence-electron chi connectivity index (χ0n) is 13.8. The molecule has 0 bridgehead atoms. The number of amides is 1. The van der Waals surface area contributed by atoms with Gasteiger partial charge in [0.1, 0.15) is 11.4 Å². The number of ether oxygens (including phenoxy) is 1. The van der Waals surface area contributed by atoms with Gasteiger partial charge in [0.05, 0.1) is 10.7 Å². The van der Waals surface area contributed by atoms with Gasteiger partial charge in [0, 0.05) is 12.1 Å². The van der Waals surface area contributed by atoms with Crippen LogP contribution in [0.2, 0.25) is 5.02 Å². The number of alkyl carbamates (subject to hydrolysis) is 1. The van der Waals surface area contributed by atoms with Crippen molar-refractivity contribution in [2.45, 2.75) is 64.1 Å². The Balaban J connectivity index is 1.89. The van der Waals surface area contributed by atoms with E-state index in [1.165, 1.54) is 12.1 Å². The van der Waals surface area contributed by atoms with Crippen LogP contribution < -0.4 is 10.6 Å². The van der Waals surface area contributed by atoms with Crippen LogP contribution in [-0.4, -0.2) is 23.8 Å². The Morgan fingerprint density at radius 3 is 2.65 bits per heavy atom. The van der Waals surface area contributed by atoms with Gasteiger partial charge >= 0.3 is 6.09 Å². The molecule has 2 N–H and O–H groups in total. The first-order valence-corrected chi connectivity index (χ1v) is 8.32. The van der Waals surface area contributed by atoms with E-state index in [9.17, 15) is 9.18 Å². The molecule has 6 heteroatoms. The molecule has 0 aromatic heterocycles. The number of carbonyl (C=O) groups excluding carboxylic acids is 1. The molecule has 1 aromatic carbocycles. The summed E-state index contributed by atoms with van der Waals surface area (Å²) in [7, 11) is 0. The van der Waals surface area contributed by atoms with Gasteiger partial charge in [0.25, 0.3) is 0 Å². The SMILES string of the molecule is CC(C)(C)OC(=O)NC1CCCC(Nc2ccc(F)cc2Cl)C1.